The monoisotopic (exact) mass is 1640 g/mol. The lowest BCUT2D eigenvalue weighted by Crippen LogP contribution is -2.04. The van der Waals surface area contributed by atoms with Crippen LogP contribution in [0.25, 0.3) is 283 Å². The Kier molecular flexibility index (Phi) is 14.6. The summed E-state index contributed by atoms with van der Waals surface area (Å²) in [7, 11) is 0. The normalized spacial score (nSPS) is 12.3. The number of fused-ring (bicyclic) bond motifs is 25. The van der Waals surface area contributed by atoms with Gasteiger partial charge < -0.3 is 18.0 Å². The second kappa shape index (κ2) is 26.6. The van der Waals surface area contributed by atoms with Gasteiger partial charge in [-0.1, -0.05) is 249 Å². The molecule has 0 spiro atoms. The van der Waals surface area contributed by atoms with Gasteiger partial charge in [-0.2, -0.15) is 0 Å². The standard InChI is InChI=1S/C114H62N8O2S2/c1-2-22-65(23-3-1)109-115-111(75-43-46-105-91(52-75)80-34-15-17-39-104(80)125-105)119-113(117-109)93-60-90-88-51-69-27-8-11-30-72(69)57-101(88)124-103(90)61-98(93)121-95-54-70-28-9-7-26-68(70)50-86(95)87-58-84-73(56-96(87)121)31-18-35-78(84)82-36-19-37-83-92-53-76(44-47-106(92)126-108(82)83)112-116-110(74-41-40-63-20-4-5-24-66(63)48-74)118-114(120-112)94-59-89-79-33-14-16-38-100(79)123-102(89)62-99(94)122-97-55-71-29-10-6-25-67(71)49-85(97)81-45-42-64-21-12-13-32-77(64)107(81)122/h1-62H. The molecule has 28 aromatic rings. The third-order valence-corrected chi connectivity index (χ3v) is 28.4. The quantitative estimate of drug-likeness (QED) is 0.140. The highest BCUT2D eigenvalue weighted by molar-refractivity contribution is 7.26. The number of hydrogen-bond donors (Lipinski definition) is 0. The van der Waals surface area contributed by atoms with Crippen LogP contribution in [0.2, 0.25) is 0 Å². The molecule has 0 unspecified atom stereocenters. The molecule has 0 amide bonds. The maximum Gasteiger partial charge on any atom is 0.166 e. The predicted octanol–water partition coefficient (Wildman–Crippen LogP) is 31.4. The molecule has 0 aliphatic carbocycles. The molecule has 0 atom stereocenters. The lowest BCUT2D eigenvalue weighted by atomic mass is 9.95. The lowest BCUT2D eigenvalue weighted by Gasteiger charge is -2.16. The summed E-state index contributed by atoms with van der Waals surface area (Å²) < 4.78 is 23.7. The molecule has 0 aliphatic heterocycles. The molecule has 0 fully saturated rings. The summed E-state index contributed by atoms with van der Waals surface area (Å²) in [6, 6.07) is 136. The average Bonchev–Trinajstić information content (AvgIpc) is 1.55. The van der Waals surface area contributed by atoms with Crippen molar-refractivity contribution in [2.75, 3.05) is 0 Å². The van der Waals surface area contributed by atoms with Gasteiger partial charge in [0.1, 0.15) is 22.3 Å². The van der Waals surface area contributed by atoms with Gasteiger partial charge in [-0.05, 0) is 180 Å². The van der Waals surface area contributed by atoms with Crippen LogP contribution in [0.4, 0.5) is 0 Å². The topological polar surface area (TPSA) is 113 Å². The Labute approximate surface area is 724 Å². The molecule has 582 valence electrons. The number of aromatic nitrogens is 8. The van der Waals surface area contributed by atoms with Gasteiger partial charge in [0.2, 0.25) is 0 Å². The summed E-state index contributed by atoms with van der Waals surface area (Å²) in [5.74, 6) is 3.35. The summed E-state index contributed by atoms with van der Waals surface area (Å²) in [4.78, 5) is 33.6. The Morgan fingerprint density at radius 3 is 1.31 bits per heavy atom. The Morgan fingerprint density at radius 2 is 0.619 bits per heavy atom. The van der Waals surface area contributed by atoms with Crippen LogP contribution < -0.4 is 0 Å². The Balaban J connectivity index is 0.642. The summed E-state index contributed by atoms with van der Waals surface area (Å²) in [5.41, 5.74) is 16.6. The van der Waals surface area contributed by atoms with E-state index in [1.807, 2.05) is 35.6 Å². The van der Waals surface area contributed by atoms with Gasteiger partial charge in [-0.15, -0.1) is 22.7 Å². The molecule has 8 heterocycles. The third kappa shape index (κ3) is 10.5. The molecule has 0 N–H and O–H groups in total. The van der Waals surface area contributed by atoms with Crippen molar-refractivity contribution in [2.24, 2.45) is 0 Å². The van der Waals surface area contributed by atoms with Crippen molar-refractivity contribution in [1.82, 2.24) is 39.0 Å². The SMILES string of the molecule is c1ccc(-c2nc(-c3ccc4sc5ccccc5c4c3)nc(-c3cc4c(cc3-n3c5cc6ccccc6cc5c5cc6c(-c7cccc8c7sc7ccc(-c9nc(-c%10ccc%11ccccc%11c%10)nc(-c%10cc%11c(cc%10-n%10c%12cc%13ccccc%13cc%12c%12ccc%13ccccc%13c%12%10)oc%10ccccc%10%11)n9)cc78)cccc6cc53)oc3cc5ccccc5cc34)n2)cc1. The number of rotatable bonds is 9. The molecule has 10 nitrogen and oxygen atoms in total. The van der Waals surface area contributed by atoms with Crippen molar-refractivity contribution < 1.29 is 8.83 Å². The molecule has 0 saturated heterocycles. The zero-order chi connectivity index (χ0) is 82.1. The van der Waals surface area contributed by atoms with Gasteiger partial charge in [0, 0.05) is 140 Å². The largest absolute Gasteiger partial charge is 0.456 e. The third-order valence-electron chi connectivity index (χ3n) is 26.1. The first-order valence-electron chi connectivity index (χ1n) is 42.4. The van der Waals surface area contributed by atoms with E-state index >= 15 is 0 Å². The van der Waals surface area contributed by atoms with E-state index in [-0.39, 0.29) is 0 Å². The Morgan fingerprint density at radius 1 is 0.190 bits per heavy atom. The van der Waals surface area contributed by atoms with Crippen LogP contribution in [-0.4, -0.2) is 39.0 Å². The minimum atomic E-state index is 0.536. The Hall–Kier alpha value is -16.4. The van der Waals surface area contributed by atoms with Crippen LogP contribution in [0.1, 0.15) is 0 Å². The van der Waals surface area contributed by atoms with Crippen molar-refractivity contribution in [3.05, 3.63) is 376 Å². The van der Waals surface area contributed by atoms with Crippen LogP contribution in [0.5, 0.6) is 0 Å². The highest BCUT2D eigenvalue weighted by Gasteiger charge is 2.29. The molecule has 0 bridgehead atoms. The molecule has 0 radical (unpaired) electrons. The fraction of sp³-hybridized carbons (Fsp3) is 0. The van der Waals surface area contributed by atoms with Crippen molar-refractivity contribution in [2.45, 2.75) is 0 Å². The highest BCUT2D eigenvalue weighted by Crippen LogP contribution is 2.50. The molecule has 0 aliphatic rings. The van der Waals surface area contributed by atoms with Gasteiger partial charge in [-0.3, -0.25) is 0 Å². The average molecular weight is 1640 g/mol. The van der Waals surface area contributed by atoms with Crippen LogP contribution in [0.3, 0.4) is 0 Å². The van der Waals surface area contributed by atoms with Crippen molar-refractivity contribution in [1.29, 1.82) is 0 Å². The van der Waals surface area contributed by atoms with E-state index in [0.717, 1.165) is 218 Å². The van der Waals surface area contributed by atoms with Crippen molar-refractivity contribution in [3.8, 4) is 90.8 Å². The van der Waals surface area contributed by atoms with Crippen molar-refractivity contribution >= 4 is 215 Å². The second-order valence-electron chi connectivity index (χ2n) is 33.2. The Bertz CT molecular complexity index is 9670. The van der Waals surface area contributed by atoms with Gasteiger partial charge in [0.05, 0.1) is 33.4 Å². The molecule has 0 saturated carbocycles. The smallest absolute Gasteiger partial charge is 0.166 e. The zero-order valence-corrected chi connectivity index (χ0v) is 68.6. The van der Waals surface area contributed by atoms with E-state index in [1.54, 1.807) is 11.3 Å². The highest BCUT2D eigenvalue weighted by atomic mass is 32.1. The van der Waals surface area contributed by atoms with E-state index in [9.17, 15) is 0 Å². The molecule has 28 rings (SSSR count). The van der Waals surface area contributed by atoms with E-state index in [1.165, 1.54) is 30.3 Å². The first-order chi connectivity index (χ1) is 62.3. The number of nitrogens with zero attached hydrogens (tertiary/aromatic N) is 8. The summed E-state index contributed by atoms with van der Waals surface area (Å²) in [6.07, 6.45) is 0. The number of hydrogen-bond acceptors (Lipinski definition) is 10. The second-order valence-corrected chi connectivity index (χ2v) is 35.3. The maximum absolute atomic E-state index is 7.11. The first kappa shape index (κ1) is 69.3. The summed E-state index contributed by atoms with van der Waals surface area (Å²) >= 11 is 3.62. The minimum Gasteiger partial charge on any atom is -0.456 e. The molecule has 20 aromatic carbocycles. The summed E-state index contributed by atoms with van der Waals surface area (Å²) in [6.45, 7) is 0. The van der Waals surface area contributed by atoms with Crippen LogP contribution in [0, 0.1) is 0 Å². The lowest BCUT2D eigenvalue weighted by molar-refractivity contribution is 0.668. The molecule has 126 heavy (non-hydrogen) atoms. The van der Waals surface area contributed by atoms with Gasteiger partial charge in [-0.25, -0.2) is 29.9 Å². The maximum atomic E-state index is 7.11. The van der Waals surface area contributed by atoms with E-state index < -0.39 is 0 Å². The minimum absolute atomic E-state index is 0.536. The first-order valence-corrected chi connectivity index (χ1v) is 44.0. The fourth-order valence-electron chi connectivity index (χ4n) is 20.1. The van der Waals surface area contributed by atoms with Gasteiger partial charge in [0.15, 0.2) is 34.9 Å². The molecule has 12 heteroatoms. The van der Waals surface area contributed by atoms with Crippen LogP contribution in [-0.2, 0) is 0 Å². The number of furan rings is 2. The van der Waals surface area contributed by atoms with E-state index in [0.29, 0.717) is 34.9 Å². The molecule has 8 aromatic heterocycles. The van der Waals surface area contributed by atoms with Crippen molar-refractivity contribution in [3.63, 3.8) is 0 Å². The van der Waals surface area contributed by atoms with E-state index in [4.69, 9.17) is 38.7 Å². The van der Waals surface area contributed by atoms with Crippen LogP contribution in [0.15, 0.2) is 385 Å². The molecular formula is C114H62N8O2S2. The van der Waals surface area contributed by atoms with Gasteiger partial charge >= 0.3 is 0 Å². The number of benzene rings is 20. The fourth-order valence-corrected chi connectivity index (χ4v) is 22.4. The zero-order valence-electron chi connectivity index (χ0n) is 67.0. The predicted molar refractivity (Wildman–Crippen MR) is 525 cm³/mol. The van der Waals surface area contributed by atoms with Crippen LogP contribution >= 0.6 is 22.7 Å². The summed E-state index contributed by atoms with van der Waals surface area (Å²) in [5, 5.41) is 26.6. The number of thiophene rings is 2. The number of para-hydroxylation sites is 1. The molecular weight excluding hydrogens is 1580 g/mol. The van der Waals surface area contributed by atoms with Gasteiger partial charge in [0.25, 0.3) is 0 Å². The van der Waals surface area contributed by atoms with E-state index in [2.05, 4.69) is 361 Å².